The van der Waals surface area contributed by atoms with Gasteiger partial charge in [-0.05, 0) is 6.92 Å². The highest BCUT2D eigenvalue weighted by Crippen LogP contribution is 2.09. The molecule has 1 heterocycles. The summed E-state index contributed by atoms with van der Waals surface area (Å²) in [6, 6.07) is 0. The molecule has 0 aliphatic heterocycles. The highest BCUT2D eigenvalue weighted by atomic mass is 32.1. The van der Waals surface area contributed by atoms with Crippen molar-refractivity contribution in [2.75, 3.05) is 26.3 Å². The third kappa shape index (κ3) is 4.66. The fraction of sp³-hybridized carbons (Fsp3) is 0.667. The molecule has 1 aromatic heterocycles. The second-order valence-corrected chi connectivity index (χ2v) is 4.26. The maximum Gasteiger partial charge on any atom is 0.107 e. The molecule has 0 aliphatic carbocycles. The Morgan fingerprint density at radius 2 is 2.43 bits per heavy atom. The first-order valence-electron chi connectivity index (χ1n) is 4.72. The molecule has 0 aromatic carbocycles. The summed E-state index contributed by atoms with van der Waals surface area (Å²) in [6.45, 7) is 5.67. The van der Waals surface area contributed by atoms with Gasteiger partial charge in [0.05, 0.1) is 13.2 Å². The zero-order valence-electron chi connectivity index (χ0n) is 8.45. The summed E-state index contributed by atoms with van der Waals surface area (Å²) in [7, 11) is 0. The van der Waals surface area contributed by atoms with E-state index >= 15 is 0 Å². The Morgan fingerprint density at radius 3 is 3.07 bits per heavy atom. The minimum Gasteiger partial charge on any atom is -0.379 e. The van der Waals surface area contributed by atoms with Crippen molar-refractivity contribution in [3.63, 3.8) is 0 Å². The van der Waals surface area contributed by atoms with Crippen molar-refractivity contribution in [3.05, 3.63) is 16.1 Å². The van der Waals surface area contributed by atoms with E-state index < -0.39 is 0 Å². The van der Waals surface area contributed by atoms with Gasteiger partial charge in [0.15, 0.2) is 0 Å². The van der Waals surface area contributed by atoms with Gasteiger partial charge in [0.2, 0.25) is 0 Å². The van der Waals surface area contributed by atoms with Crippen LogP contribution in [-0.4, -0.2) is 31.3 Å². The van der Waals surface area contributed by atoms with E-state index in [4.69, 9.17) is 10.5 Å². The Kier molecular flexibility index (Phi) is 5.70. The molecule has 3 N–H and O–H groups in total. The number of hydrogen-bond donors (Lipinski definition) is 2. The molecule has 1 aromatic rings. The minimum atomic E-state index is 0.589. The van der Waals surface area contributed by atoms with Gasteiger partial charge in [-0.25, -0.2) is 4.98 Å². The lowest BCUT2D eigenvalue weighted by molar-refractivity contribution is 0.143. The van der Waals surface area contributed by atoms with Gasteiger partial charge in [-0.1, -0.05) is 0 Å². The summed E-state index contributed by atoms with van der Waals surface area (Å²) in [4.78, 5) is 5.50. The molecule has 0 spiro atoms. The van der Waals surface area contributed by atoms with Crippen LogP contribution in [0.2, 0.25) is 0 Å². The lowest BCUT2D eigenvalue weighted by Crippen LogP contribution is -2.20. The zero-order chi connectivity index (χ0) is 10.2. The first-order valence-corrected chi connectivity index (χ1v) is 5.54. The predicted octanol–water partition coefficient (Wildman–Crippen LogP) is 0.516. The molecular formula is C9H17N3OS. The van der Waals surface area contributed by atoms with Crippen LogP contribution in [0.1, 0.15) is 9.88 Å². The summed E-state index contributed by atoms with van der Waals surface area (Å²) in [5.41, 5.74) is 5.28. The molecule has 0 unspecified atom stereocenters. The maximum atomic E-state index is 5.28. The number of thiazole rings is 1. The molecule has 0 fully saturated rings. The Labute approximate surface area is 88.5 Å². The third-order valence-corrected chi connectivity index (χ3v) is 2.54. The highest BCUT2D eigenvalue weighted by molar-refractivity contribution is 7.11. The molecule has 14 heavy (non-hydrogen) atoms. The van der Waals surface area contributed by atoms with E-state index in [2.05, 4.69) is 17.2 Å². The van der Waals surface area contributed by atoms with Crippen molar-refractivity contribution in [3.8, 4) is 0 Å². The number of aryl methyl sites for hydroxylation is 1. The van der Waals surface area contributed by atoms with Crippen molar-refractivity contribution in [2.24, 2.45) is 5.73 Å². The molecule has 1 rings (SSSR count). The van der Waals surface area contributed by atoms with Crippen molar-refractivity contribution >= 4 is 11.3 Å². The summed E-state index contributed by atoms with van der Waals surface area (Å²) < 4.78 is 5.22. The first-order chi connectivity index (χ1) is 6.83. The molecule has 80 valence electrons. The summed E-state index contributed by atoms with van der Waals surface area (Å²) >= 11 is 1.72. The van der Waals surface area contributed by atoms with Crippen LogP contribution in [0.25, 0.3) is 0 Å². The summed E-state index contributed by atoms with van der Waals surface area (Å²) in [6.07, 6.45) is 1.90. The van der Waals surface area contributed by atoms with E-state index in [1.807, 2.05) is 6.20 Å². The Morgan fingerprint density at radius 1 is 1.57 bits per heavy atom. The van der Waals surface area contributed by atoms with E-state index in [0.717, 1.165) is 18.1 Å². The van der Waals surface area contributed by atoms with Gasteiger partial charge in [-0.2, -0.15) is 0 Å². The average molecular weight is 215 g/mol. The monoisotopic (exact) mass is 215 g/mol. The molecule has 0 bridgehead atoms. The fourth-order valence-corrected chi connectivity index (χ4v) is 1.76. The van der Waals surface area contributed by atoms with Crippen LogP contribution in [0.15, 0.2) is 6.20 Å². The molecule has 5 heteroatoms. The molecule has 4 nitrogen and oxygen atoms in total. The molecule has 0 saturated heterocycles. The van der Waals surface area contributed by atoms with Gasteiger partial charge < -0.3 is 15.8 Å². The lowest BCUT2D eigenvalue weighted by Gasteiger charge is -2.02. The number of ether oxygens (including phenoxy) is 1. The van der Waals surface area contributed by atoms with Gasteiger partial charge in [-0.15, -0.1) is 11.3 Å². The third-order valence-electron chi connectivity index (χ3n) is 1.63. The van der Waals surface area contributed by atoms with Crippen LogP contribution in [0, 0.1) is 6.92 Å². The molecule has 0 radical (unpaired) electrons. The quantitative estimate of drug-likeness (QED) is 0.651. The number of nitrogens with two attached hydrogens (primary N) is 1. The Balaban J connectivity index is 1.99. The predicted molar refractivity (Wildman–Crippen MR) is 58.4 cm³/mol. The molecule has 0 amide bonds. The van der Waals surface area contributed by atoms with E-state index in [1.165, 1.54) is 4.88 Å². The second kappa shape index (κ2) is 6.89. The van der Waals surface area contributed by atoms with E-state index in [1.54, 1.807) is 11.3 Å². The van der Waals surface area contributed by atoms with E-state index in [-0.39, 0.29) is 0 Å². The number of nitrogens with one attached hydrogen (secondary N) is 1. The molecule has 0 saturated carbocycles. The van der Waals surface area contributed by atoms with E-state index in [9.17, 15) is 0 Å². The van der Waals surface area contributed by atoms with Crippen molar-refractivity contribution in [1.29, 1.82) is 0 Å². The second-order valence-electron chi connectivity index (χ2n) is 2.94. The normalized spacial score (nSPS) is 10.7. The fourth-order valence-electron chi connectivity index (χ4n) is 1.01. The lowest BCUT2D eigenvalue weighted by atomic mass is 10.6. The topological polar surface area (TPSA) is 60.2 Å². The Bertz CT molecular complexity index is 252. The SMILES string of the molecule is Cc1cnc(CNCCOCCN)s1. The summed E-state index contributed by atoms with van der Waals surface area (Å²) in [5, 5.41) is 4.38. The van der Waals surface area contributed by atoms with Gasteiger partial charge in [0.25, 0.3) is 0 Å². The summed E-state index contributed by atoms with van der Waals surface area (Å²) in [5.74, 6) is 0. The molecule has 0 aliphatic rings. The van der Waals surface area contributed by atoms with Crippen LogP contribution >= 0.6 is 11.3 Å². The van der Waals surface area contributed by atoms with Gasteiger partial charge in [-0.3, -0.25) is 0 Å². The van der Waals surface area contributed by atoms with Crippen LogP contribution in [0.5, 0.6) is 0 Å². The maximum absolute atomic E-state index is 5.28. The van der Waals surface area contributed by atoms with Crippen LogP contribution in [0.3, 0.4) is 0 Å². The smallest absolute Gasteiger partial charge is 0.107 e. The van der Waals surface area contributed by atoms with Gasteiger partial charge >= 0.3 is 0 Å². The van der Waals surface area contributed by atoms with Crippen molar-refractivity contribution in [2.45, 2.75) is 13.5 Å². The van der Waals surface area contributed by atoms with E-state index in [0.29, 0.717) is 19.8 Å². The van der Waals surface area contributed by atoms with Crippen LogP contribution < -0.4 is 11.1 Å². The standard InChI is InChI=1S/C9H17N3OS/c1-8-6-12-9(14-8)7-11-3-5-13-4-2-10/h6,11H,2-5,7,10H2,1H3. The van der Waals surface area contributed by atoms with Gasteiger partial charge in [0.1, 0.15) is 5.01 Å². The number of rotatable bonds is 7. The Hall–Kier alpha value is -0.490. The minimum absolute atomic E-state index is 0.589. The zero-order valence-corrected chi connectivity index (χ0v) is 9.27. The molecule has 0 atom stereocenters. The van der Waals surface area contributed by atoms with Crippen LogP contribution in [0.4, 0.5) is 0 Å². The van der Waals surface area contributed by atoms with Gasteiger partial charge in [0, 0.05) is 30.7 Å². The average Bonchev–Trinajstić information content (AvgIpc) is 2.58. The number of hydrogen-bond acceptors (Lipinski definition) is 5. The highest BCUT2D eigenvalue weighted by Gasteiger charge is 1.96. The number of aromatic nitrogens is 1. The first kappa shape index (κ1) is 11.6. The van der Waals surface area contributed by atoms with Crippen molar-refractivity contribution < 1.29 is 4.74 Å². The van der Waals surface area contributed by atoms with Crippen molar-refractivity contribution in [1.82, 2.24) is 10.3 Å². The largest absolute Gasteiger partial charge is 0.379 e. The number of nitrogens with zero attached hydrogens (tertiary/aromatic N) is 1. The molecular weight excluding hydrogens is 198 g/mol. The van der Waals surface area contributed by atoms with Crippen LogP contribution in [-0.2, 0) is 11.3 Å².